The number of aliphatic hydroxyl groups is 1. The summed E-state index contributed by atoms with van der Waals surface area (Å²) in [4.78, 5) is 5.68. The van der Waals surface area contributed by atoms with E-state index in [1.54, 1.807) is 11.3 Å². The Kier molecular flexibility index (Phi) is 3.14. The van der Waals surface area contributed by atoms with Gasteiger partial charge in [-0.1, -0.05) is 31.2 Å². The minimum Gasteiger partial charge on any atom is -0.392 e. The van der Waals surface area contributed by atoms with Gasteiger partial charge in [0.05, 0.1) is 17.8 Å². The second kappa shape index (κ2) is 4.55. The maximum atomic E-state index is 8.95. The smallest absolute Gasteiger partial charge is 0.0843 e. The van der Waals surface area contributed by atoms with Crippen molar-refractivity contribution in [1.82, 2.24) is 4.98 Å². The zero-order chi connectivity index (χ0) is 10.7. The molecule has 0 unspecified atom stereocenters. The summed E-state index contributed by atoms with van der Waals surface area (Å²) in [6.45, 7) is 2.23. The van der Waals surface area contributed by atoms with Crippen LogP contribution in [0.4, 0.5) is 0 Å². The standard InChI is InChI=1S/C12H13NOS/c1-2-11-12(13-8-15-11)10-5-3-9(7-14)4-6-10/h3-6,8,14H,2,7H2,1H3. The molecule has 0 fully saturated rings. The second-order valence-corrected chi connectivity index (χ2v) is 4.27. The summed E-state index contributed by atoms with van der Waals surface area (Å²) in [7, 11) is 0. The van der Waals surface area contributed by atoms with Gasteiger partial charge in [0.1, 0.15) is 0 Å². The van der Waals surface area contributed by atoms with E-state index in [0.29, 0.717) is 0 Å². The number of aryl methyl sites for hydroxylation is 1. The van der Waals surface area contributed by atoms with E-state index < -0.39 is 0 Å². The molecule has 1 aromatic carbocycles. The van der Waals surface area contributed by atoms with Crippen LogP contribution in [0.1, 0.15) is 17.4 Å². The molecule has 0 atom stereocenters. The third kappa shape index (κ3) is 2.08. The van der Waals surface area contributed by atoms with Crippen LogP contribution in [0.25, 0.3) is 11.3 Å². The van der Waals surface area contributed by atoms with E-state index in [4.69, 9.17) is 5.11 Å². The lowest BCUT2D eigenvalue weighted by Crippen LogP contribution is -1.86. The first kappa shape index (κ1) is 10.3. The van der Waals surface area contributed by atoms with Gasteiger partial charge in [-0.3, -0.25) is 0 Å². The molecule has 1 N–H and O–H groups in total. The van der Waals surface area contributed by atoms with Crippen molar-refractivity contribution in [3.63, 3.8) is 0 Å². The van der Waals surface area contributed by atoms with Crippen LogP contribution in [0, 0.1) is 0 Å². The normalized spacial score (nSPS) is 10.5. The van der Waals surface area contributed by atoms with Crippen molar-refractivity contribution in [3.05, 3.63) is 40.2 Å². The van der Waals surface area contributed by atoms with Crippen LogP contribution in [0.2, 0.25) is 0 Å². The van der Waals surface area contributed by atoms with Crippen LogP contribution in [0.5, 0.6) is 0 Å². The van der Waals surface area contributed by atoms with Gasteiger partial charge in [0, 0.05) is 10.4 Å². The van der Waals surface area contributed by atoms with Crippen LogP contribution in [-0.2, 0) is 13.0 Å². The quantitative estimate of drug-likeness (QED) is 0.861. The number of hydrogen-bond acceptors (Lipinski definition) is 3. The van der Waals surface area contributed by atoms with E-state index in [1.807, 2.05) is 29.8 Å². The highest BCUT2D eigenvalue weighted by Gasteiger charge is 2.06. The molecule has 1 heterocycles. The lowest BCUT2D eigenvalue weighted by Gasteiger charge is -2.01. The summed E-state index contributed by atoms with van der Waals surface area (Å²) < 4.78 is 0. The SMILES string of the molecule is CCc1scnc1-c1ccc(CO)cc1. The molecule has 0 saturated carbocycles. The van der Waals surface area contributed by atoms with Gasteiger partial charge >= 0.3 is 0 Å². The average molecular weight is 219 g/mol. The van der Waals surface area contributed by atoms with E-state index >= 15 is 0 Å². The lowest BCUT2D eigenvalue weighted by atomic mass is 10.1. The predicted molar refractivity (Wildman–Crippen MR) is 62.9 cm³/mol. The van der Waals surface area contributed by atoms with Crippen molar-refractivity contribution in [2.45, 2.75) is 20.0 Å². The van der Waals surface area contributed by atoms with Gasteiger partial charge in [-0.05, 0) is 12.0 Å². The van der Waals surface area contributed by atoms with Crippen LogP contribution in [0.15, 0.2) is 29.8 Å². The molecule has 0 aliphatic carbocycles. The molecule has 0 radical (unpaired) electrons. The van der Waals surface area contributed by atoms with Crippen LogP contribution in [-0.4, -0.2) is 10.1 Å². The number of benzene rings is 1. The van der Waals surface area contributed by atoms with Crippen LogP contribution >= 0.6 is 11.3 Å². The van der Waals surface area contributed by atoms with Gasteiger partial charge in [-0.25, -0.2) is 4.98 Å². The summed E-state index contributed by atoms with van der Waals surface area (Å²) in [5, 5.41) is 8.95. The third-order valence-electron chi connectivity index (χ3n) is 2.37. The Morgan fingerprint density at radius 1 is 1.27 bits per heavy atom. The lowest BCUT2D eigenvalue weighted by molar-refractivity contribution is 0.282. The molecule has 0 aliphatic heterocycles. The van der Waals surface area contributed by atoms with Crippen molar-refractivity contribution in [1.29, 1.82) is 0 Å². The maximum Gasteiger partial charge on any atom is 0.0843 e. The molecule has 15 heavy (non-hydrogen) atoms. The second-order valence-electron chi connectivity index (χ2n) is 3.33. The van der Waals surface area contributed by atoms with Crippen LogP contribution < -0.4 is 0 Å². The maximum absolute atomic E-state index is 8.95. The molecule has 0 amide bonds. The van der Waals surface area contributed by atoms with Gasteiger partial charge in [0.15, 0.2) is 0 Å². The number of nitrogens with zero attached hydrogens (tertiary/aromatic N) is 1. The zero-order valence-electron chi connectivity index (χ0n) is 8.60. The van der Waals surface area contributed by atoms with E-state index in [2.05, 4.69) is 11.9 Å². The number of aromatic nitrogens is 1. The fourth-order valence-electron chi connectivity index (χ4n) is 1.52. The Hall–Kier alpha value is -1.19. The fourth-order valence-corrected chi connectivity index (χ4v) is 2.26. The van der Waals surface area contributed by atoms with Gasteiger partial charge in [-0.15, -0.1) is 11.3 Å². The van der Waals surface area contributed by atoms with E-state index in [-0.39, 0.29) is 6.61 Å². The van der Waals surface area contributed by atoms with Crippen molar-refractivity contribution < 1.29 is 5.11 Å². The molecular weight excluding hydrogens is 206 g/mol. The first-order valence-corrected chi connectivity index (χ1v) is 5.85. The molecule has 1 aromatic heterocycles. The highest BCUT2D eigenvalue weighted by atomic mass is 32.1. The van der Waals surface area contributed by atoms with Gasteiger partial charge in [-0.2, -0.15) is 0 Å². The number of hydrogen-bond donors (Lipinski definition) is 1. The number of aliphatic hydroxyl groups excluding tert-OH is 1. The number of thiazole rings is 1. The molecule has 0 aliphatic rings. The van der Waals surface area contributed by atoms with E-state index in [0.717, 1.165) is 23.2 Å². The molecule has 0 saturated heterocycles. The highest BCUT2D eigenvalue weighted by Crippen LogP contribution is 2.25. The Morgan fingerprint density at radius 3 is 2.60 bits per heavy atom. The summed E-state index contributed by atoms with van der Waals surface area (Å²) in [6.07, 6.45) is 1.02. The van der Waals surface area contributed by atoms with Crippen molar-refractivity contribution in [3.8, 4) is 11.3 Å². The highest BCUT2D eigenvalue weighted by molar-refractivity contribution is 7.10. The van der Waals surface area contributed by atoms with Crippen molar-refractivity contribution in [2.24, 2.45) is 0 Å². The molecule has 0 spiro atoms. The summed E-state index contributed by atoms with van der Waals surface area (Å²) in [6, 6.07) is 7.90. The molecule has 0 bridgehead atoms. The predicted octanol–water partition coefficient (Wildman–Crippen LogP) is 2.86. The molecular formula is C12H13NOS. The van der Waals surface area contributed by atoms with Crippen molar-refractivity contribution >= 4 is 11.3 Å². The first-order valence-electron chi connectivity index (χ1n) is 4.97. The van der Waals surface area contributed by atoms with Crippen LogP contribution in [0.3, 0.4) is 0 Å². The molecule has 2 rings (SSSR count). The topological polar surface area (TPSA) is 33.1 Å². The van der Waals surface area contributed by atoms with E-state index in [9.17, 15) is 0 Å². The molecule has 78 valence electrons. The Bertz CT molecular complexity index is 433. The van der Waals surface area contributed by atoms with Gasteiger partial charge in [0.25, 0.3) is 0 Å². The minimum absolute atomic E-state index is 0.0952. The number of rotatable bonds is 3. The Balaban J connectivity index is 2.37. The fraction of sp³-hybridized carbons (Fsp3) is 0.250. The summed E-state index contributed by atoms with van der Waals surface area (Å²) in [5.74, 6) is 0. The van der Waals surface area contributed by atoms with E-state index in [1.165, 1.54) is 4.88 Å². The van der Waals surface area contributed by atoms with Crippen molar-refractivity contribution in [2.75, 3.05) is 0 Å². The zero-order valence-corrected chi connectivity index (χ0v) is 9.42. The van der Waals surface area contributed by atoms with Gasteiger partial charge in [0.2, 0.25) is 0 Å². The molecule has 2 aromatic rings. The molecule has 2 nitrogen and oxygen atoms in total. The van der Waals surface area contributed by atoms with Gasteiger partial charge < -0.3 is 5.11 Å². The minimum atomic E-state index is 0.0952. The average Bonchev–Trinajstić information content (AvgIpc) is 2.77. The largest absolute Gasteiger partial charge is 0.392 e. The summed E-state index contributed by atoms with van der Waals surface area (Å²) in [5.41, 5.74) is 5.03. The Morgan fingerprint density at radius 2 is 2.00 bits per heavy atom. The third-order valence-corrected chi connectivity index (χ3v) is 3.35. The Labute approximate surface area is 93.2 Å². The summed E-state index contributed by atoms with van der Waals surface area (Å²) >= 11 is 1.69. The monoisotopic (exact) mass is 219 g/mol. The molecule has 3 heteroatoms. The first-order chi connectivity index (χ1) is 7.35.